The molecule has 4 heteroatoms. The number of hydrogen-bond acceptors (Lipinski definition) is 3. The summed E-state index contributed by atoms with van der Waals surface area (Å²) in [4.78, 5) is 16.2. The molecule has 0 saturated carbocycles. The number of aryl methyl sites for hydroxylation is 1. The molecule has 1 saturated heterocycles. The van der Waals surface area contributed by atoms with Gasteiger partial charge in [0.05, 0.1) is 18.7 Å². The van der Waals surface area contributed by atoms with Gasteiger partial charge in [-0.3, -0.25) is 4.79 Å². The Morgan fingerprint density at radius 1 is 1.39 bits per heavy atom. The summed E-state index contributed by atoms with van der Waals surface area (Å²) in [6.45, 7) is 2.90. The van der Waals surface area contributed by atoms with E-state index < -0.39 is 0 Å². The third-order valence-electron chi connectivity index (χ3n) is 4.60. The van der Waals surface area contributed by atoms with Gasteiger partial charge in [-0.05, 0) is 42.8 Å². The normalized spacial score (nSPS) is 18.0. The lowest BCUT2D eigenvalue weighted by molar-refractivity contribution is -0.131. The third kappa shape index (κ3) is 2.68. The van der Waals surface area contributed by atoms with Crippen molar-refractivity contribution in [1.82, 2.24) is 4.90 Å². The van der Waals surface area contributed by atoms with Gasteiger partial charge in [-0.15, -0.1) is 11.3 Å². The fourth-order valence-electron chi connectivity index (χ4n) is 3.43. The molecule has 4 rings (SSSR count). The minimum Gasteiger partial charge on any atom is -0.464 e. The van der Waals surface area contributed by atoms with Crippen LogP contribution in [0.1, 0.15) is 34.9 Å². The number of furan rings is 1. The van der Waals surface area contributed by atoms with E-state index >= 15 is 0 Å². The minimum absolute atomic E-state index is 0.198. The summed E-state index contributed by atoms with van der Waals surface area (Å²) in [7, 11) is 0. The van der Waals surface area contributed by atoms with E-state index in [-0.39, 0.29) is 11.9 Å². The zero-order chi connectivity index (χ0) is 15.8. The monoisotopic (exact) mass is 325 g/mol. The molecule has 0 spiro atoms. The molecule has 1 aromatic carbocycles. The fourth-order valence-corrected chi connectivity index (χ4v) is 4.31. The lowest BCUT2D eigenvalue weighted by Crippen LogP contribution is -2.31. The van der Waals surface area contributed by atoms with Crippen LogP contribution in [0.2, 0.25) is 0 Å². The van der Waals surface area contributed by atoms with E-state index in [0.717, 1.165) is 35.9 Å². The SMILES string of the molecule is Cc1ccc2c(CC(=O)N3CCC[C@@H]3c3cccs3)coc2c1. The van der Waals surface area contributed by atoms with E-state index in [2.05, 4.69) is 29.6 Å². The van der Waals surface area contributed by atoms with Crippen molar-refractivity contribution in [3.8, 4) is 0 Å². The zero-order valence-electron chi connectivity index (χ0n) is 13.1. The van der Waals surface area contributed by atoms with Gasteiger partial charge in [0.25, 0.3) is 0 Å². The zero-order valence-corrected chi connectivity index (χ0v) is 13.9. The van der Waals surface area contributed by atoms with Gasteiger partial charge in [0.2, 0.25) is 5.91 Å². The molecular formula is C19H19NO2S. The maximum absolute atomic E-state index is 12.8. The van der Waals surface area contributed by atoms with Crippen LogP contribution < -0.4 is 0 Å². The van der Waals surface area contributed by atoms with Gasteiger partial charge in [-0.25, -0.2) is 0 Å². The second kappa shape index (κ2) is 5.85. The van der Waals surface area contributed by atoms with E-state index in [1.165, 1.54) is 10.4 Å². The van der Waals surface area contributed by atoms with Crippen LogP contribution in [0.15, 0.2) is 46.4 Å². The molecule has 3 nitrogen and oxygen atoms in total. The first kappa shape index (κ1) is 14.5. The van der Waals surface area contributed by atoms with Crippen molar-refractivity contribution in [1.29, 1.82) is 0 Å². The number of thiophene rings is 1. The molecule has 0 aliphatic carbocycles. The van der Waals surface area contributed by atoms with Gasteiger partial charge >= 0.3 is 0 Å². The molecule has 0 N–H and O–H groups in total. The molecule has 0 radical (unpaired) electrons. The van der Waals surface area contributed by atoms with Crippen LogP contribution in [0.5, 0.6) is 0 Å². The number of likely N-dealkylation sites (tertiary alicyclic amines) is 1. The number of benzene rings is 1. The van der Waals surface area contributed by atoms with Gasteiger partial charge in [-0.2, -0.15) is 0 Å². The van der Waals surface area contributed by atoms with Gasteiger partial charge in [0.1, 0.15) is 5.58 Å². The first-order chi connectivity index (χ1) is 11.2. The van der Waals surface area contributed by atoms with Crippen LogP contribution >= 0.6 is 11.3 Å². The van der Waals surface area contributed by atoms with Gasteiger partial charge in [0, 0.05) is 22.4 Å². The molecule has 118 valence electrons. The lowest BCUT2D eigenvalue weighted by atomic mass is 10.1. The quantitative estimate of drug-likeness (QED) is 0.699. The van der Waals surface area contributed by atoms with E-state index in [9.17, 15) is 4.79 Å². The van der Waals surface area contributed by atoms with Gasteiger partial charge in [0.15, 0.2) is 0 Å². The Morgan fingerprint density at radius 2 is 2.30 bits per heavy atom. The van der Waals surface area contributed by atoms with E-state index in [1.807, 2.05) is 17.9 Å². The number of carbonyl (C=O) groups excluding carboxylic acids is 1. The topological polar surface area (TPSA) is 33.5 Å². The summed E-state index contributed by atoms with van der Waals surface area (Å²) in [6, 6.07) is 10.6. The Labute approximate surface area is 139 Å². The molecule has 1 fully saturated rings. The number of amides is 1. The highest BCUT2D eigenvalue weighted by Crippen LogP contribution is 2.35. The molecular weight excluding hydrogens is 306 g/mol. The first-order valence-corrected chi connectivity index (χ1v) is 8.90. The van der Waals surface area contributed by atoms with E-state index in [1.54, 1.807) is 17.6 Å². The average molecular weight is 325 g/mol. The number of hydrogen-bond donors (Lipinski definition) is 0. The second-order valence-corrected chi connectivity index (χ2v) is 7.18. The fraction of sp³-hybridized carbons (Fsp3) is 0.316. The predicted molar refractivity (Wildman–Crippen MR) is 92.7 cm³/mol. The molecule has 0 bridgehead atoms. The summed E-state index contributed by atoms with van der Waals surface area (Å²) in [5, 5.41) is 3.14. The van der Waals surface area contributed by atoms with Crippen molar-refractivity contribution in [3.05, 3.63) is 58.0 Å². The van der Waals surface area contributed by atoms with Crippen molar-refractivity contribution < 1.29 is 9.21 Å². The van der Waals surface area contributed by atoms with E-state index in [0.29, 0.717) is 6.42 Å². The number of carbonyl (C=O) groups is 1. The van der Waals surface area contributed by atoms with Crippen LogP contribution in [0, 0.1) is 6.92 Å². The minimum atomic E-state index is 0.198. The van der Waals surface area contributed by atoms with Crippen molar-refractivity contribution in [3.63, 3.8) is 0 Å². The summed E-state index contributed by atoms with van der Waals surface area (Å²) in [6.07, 6.45) is 4.30. The smallest absolute Gasteiger partial charge is 0.227 e. The predicted octanol–water partition coefficient (Wildman–Crippen LogP) is 4.71. The molecule has 3 aromatic rings. The standard InChI is InChI=1S/C19H19NO2S/c1-13-6-7-15-14(12-22-17(15)10-13)11-19(21)20-8-2-4-16(20)18-5-3-9-23-18/h3,5-7,9-10,12,16H,2,4,8,11H2,1H3/t16-/m1/s1. The maximum Gasteiger partial charge on any atom is 0.227 e. The summed E-state index contributed by atoms with van der Waals surface area (Å²) >= 11 is 1.74. The summed E-state index contributed by atoms with van der Waals surface area (Å²) < 4.78 is 5.62. The molecule has 1 amide bonds. The van der Waals surface area contributed by atoms with Crippen LogP contribution in [-0.4, -0.2) is 17.4 Å². The Kier molecular flexibility index (Phi) is 3.69. The molecule has 1 aliphatic heterocycles. The van der Waals surface area contributed by atoms with Crippen LogP contribution in [0.25, 0.3) is 11.0 Å². The van der Waals surface area contributed by atoms with Gasteiger partial charge in [-0.1, -0.05) is 18.2 Å². The third-order valence-corrected chi connectivity index (χ3v) is 5.57. The van der Waals surface area contributed by atoms with Crippen molar-refractivity contribution in [2.45, 2.75) is 32.2 Å². The summed E-state index contributed by atoms with van der Waals surface area (Å²) in [5.74, 6) is 0.198. The van der Waals surface area contributed by atoms with Crippen LogP contribution in [-0.2, 0) is 11.2 Å². The Balaban J connectivity index is 1.57. The highest BCUT2D eigenvalue weighted by Gasteiger charge is 2.30. The molecule has 23 heavy (non-hydrogen) atoms. The number of nitrogens with zero attached hydrogens (tertiary/aromatic N) is 1. The Hall–Kier alpha value is -2.07. The molecule has 1 atom stereocenters. The maximum atomic E-state index is 12.8. The number of fused-ring (bicyclic) bond motifs is 1. The van der Waals surface area contributed by atoms with Gasteiger partial charge < -0.3 is 9.32 Å². The highest BCUT2D eigenvalue weighted by molar-refractivity contribution is 7.10. The highest BCUT2D eigenvalue weighted by atomic mass is 32.1. The van der Waals surface area contributed by atoms with Crippen LogP contribution in [0.3, 0.4) is 0 Å². The average Bonchev–Trinajstić information content (AvgIpc) is 3.27. The lowest BCUT2D eigenvalue weighted by Gasteiger charge is -2.23. The summed E-state index contributed by atoms with van der Waals surface area (Å²) in [5.41, 5.74) is 3.02. The second-order valence-electron chi connectivity index (χ2n) is 6.20. The van der Waals surface area contributed by atoms with E-state index in [4.69, 9.17) is 4.42 Å². The molecule has 3 heterocycles. The van der Waals surface area contributed by atoms with Crippen molar-refractivity contribution in [2.24, 2.45) is 0 Å². The Bertz CT molecular complexity index is 834. The largest absolute Gasteiger partial charge is 0.464 e. The van der Waals surface area contributed by atoms with Crippen LogP contribution in [0.4, 0.5) is 0 Å². The van der Waals surface area contributed by atoms with Crippen molar-refractivity contribution in [2.75, 3.05) is 6.54 Å². The first-order valence-electron chi connectivity index (χ1n) is 8.02. The number of rotatable bonds is 3. The molecule has 2 aromatic heterocycles. The molecule has 1 aliphatic rings. The Morgan fingerprint density at radius 3 is 3.13 bits per heavy atom. The van der Waals surface area contributed by atoms with Crippen molar-refractivity contribution >= 4 is 28.2 Å². The molecule has 0 unspecified atom stereocenters.